The van der Waals surface area contributed by atoms with Crippen molar-refractivity contribution in [2.24, 2.45) is 5.16 Å². The number of anilines is 1. The third-order valence-electron chi connectivity index (χ3n) is 2.32. The fourth-order valence-corrected chi connectivity index (χ4v) is 2.57. The molecular weight excluding hydrogens is 374 g/mol. The maximum atomic E-state index is 12.0. The highest BCUT2D eigenvalue weighted by Crippen LogP contribution is 2.20. The molecule has 1 radical (unpaired) electrons. The van der Waals surface area contributed by atoms with E-state index in [1.54, 1.807) is 25.5 Å². The van der Waals surface area contributed by atoms with E-state index in [0.717, 1.165) is 11.3 Å². The van der Waals surface area contributed by atoms with Gasteiger partial charge in [0.05, 0.1) is 0 Å². The number of hydrogen-bond acceptors (Lipinski definition) is 9. The Morgan fingerprint density at radius 3 is 2.44 bits per heavy atom. The van der Waals surface area contributed by atoms with Crippen molar-refractivity contribution in [3.05, 3.63) is 11.1 Å². The van der Waals surface area contributed by atoms with E-state index in [4.69, 9.17) is 14.1 Å². The first-order valence-corrected chi connectivity index (χ1v) is 9.14. The minimum absolute atomic E-state index is 0.0499. The highest BCUT2D eigenvalue weighted by atomic mass is 32.2. The third-order valence-corrected chi connectivity index (χ3v) is 3.65. The first-order chi connectivity index (χ1) is 11.2. The second-order valence-electron chi connectivity index (χ2n) is 6.26. The minimum Gasteiger partial charge on any atom is -0.457 e. The van der Waals surface area contributed by atoms with Crippen LogP contribution in [-0.4, -0.2) is 47.1 Å². The SMILES string of the molecule is CC(C)(C)OC(=O)C(C)(C)O/N=C(/[C]=O)c1csc(NS(=O)(=O)O)n1. The lowest BCUT2D eigenvalue weighted by Crippen LogP contribution is -2.40. The van der Waals surface area contributed by atoms with Crippen LogP contribution < -0.4 is 4.72 Å². The molecule has 0 amide bonds. The molecule has 0 spiro atoms. The summed E-state index contributed by atoms with van der Waals surface area (Å²) in [5.41, 5.74) is -2.66. The van der Waals surface area contributed by atoms with E-state index >= 15 is 0 Å². The molecule has 0 aromatic carbocycles. The summed E-state index contributed by atoms with van der Waals surface area (Å²) in [6, 6.07) is 0. The molecule has 1 rings (SSSR count). The maximum absolute atomic E-state index is 12.0. The smallest absolute Gasteiger partial charge is 0.359 e. The number of ether oxygens (including phenoxy) is 1. The van der Waals surface area contributed by atoms with E-state index in [9.17, 15) is 18.0 Å². The number of rotatable bonds is 7. The number of carbonyl (C=O) groups excluding carboxylic acids is 2. The van der Waals surface area contributed by atoms with Gasteiger partial charge in [0.1, 0.15) is 11.3 Å². The number of nitrogens with zero attached hydrogens (tertiary/aromatic N) is 2. The van der Waals surface area contributed by atoms with Gasteiger partial charge in [-0.3, -0.25) is 9.35 Å². The lowest BCUT2D eigenvalue weighted by molar-refractivity contribution is -0.179. The van der Waals surface area contributed by atoms with Crippen LogP contribution in [0.5, 0.6) is 0 Å². The summed E-state index contributed by atoms with van der Waals surface area (Å²) in [6.45, 7) is 7.87. The van der Waals surface area contributed by atoms with Gasteiger partial charge in [-0.2, -0.15) is 8.42 Å². The molecule has 25 heavy (non-hydrogen) atoms. The van der Waals surface area contributed by atoms with Crippen molar-refractivity contribution in [2.45, 2.75) is 45.8 Å². The quantitative estimate of drug-likeness (QED) is 0.306. The van der Waals surface area contributed by atoms with E-state index in [1.807, 2.05) is 0 Å². The fraction of sp³-hybridized carbons (Fsp3) is 0.538. The molecule has 0 aliphatic heterocycles. The zero-order valence-electron chi connectivity index (χ0n) is 14.2. The second-order valence-corrected chi connectivity index (χ2v) is 8.27. The van der Waals surface area contributed by atoms with E-state index < -0.39 is 33.2 Å². The molecule has 0 unspecified atom stereocenters. The third kappa shape index (κ3) is 7.15. The van der Waals surface area contributed by atoms with Crippen molar-refractivity contribution in [2.75, 3.05) is 4.72 Å². The zero-order chi connectivity index (χ0) is 19.5. The molecule has 0 saturated heterocycles. The Morgan fingerprint density at radius 2 is 1.96 bits per heavy atom. The number of nitrogens with one attached hydrogen (secondary N) is 1. The van der Waals surface area contributed by atoms with Crippen LogP contribution in [0.4, 0.5) is 5.13 Å². The van der Waals surface area contributed by atoms with Crippen LogP contribution in [0.3, 0.4) is 0 Å². The van der Waals surface area contributed by atoms with Crippen LogP contribution in [0.2, 0.25) is 0 Å². The predicted molar refractivity (Wildman–Crippen MR) is 90.5 cm³/mol. The molecule has 0 aliphatic rings. The normalized spacial score (nSPS) is 13.3. The molecule has 1 aromatic heterocycles. The van der Waals surface area contributed by atoms with Gasteiger partial charge in [-0.25, -0.2) is 14.5 Å². The molecular formula is C13H18N3O7S2. The van der Waals surface area contributed by atoms with Crippen LogP contribution >= 0.6 is 11.3 Å². The molecule has 1 aromatic rings. The van der Waals surface area contributed by atoms with Crippen molar-refractivity contribution in [3.63, 3.8) is 0 Å². The molecule has 10 nitrogen and oxygen atoms in total. The van der Waals surface area contributed by atoms with Crippen molar-refractivity contribution < 1.29 is 32.1 Å². The van der Waals surface area contributed by atoms with Crippen molar-refractivity contribution in [1.29, 1.82) is 0 Å². The summed E-state index contributed by atoms with van der Waals surface area (Å²) in [7, 11) is -4.49. The van der Waals surface area contributed by atoms with Gasteiger partial charge in [-0.1, -0.05) is 5.16 Å². The molecule has 2 N–H and O–H groups in total. The van der Waals surface area contributed by atoms with E-state index in [1.165, 1.54) is 25.5 Å². The Kier molecular flexibility index (Phi) is 6.26. The van der Waals surface area contributed by atoms with Crippen molar-refractivity contribution in [1.82, 2.24) is 4.98 Å². The lowest BCUT2D eigenvalue weighted by atomic mass is 10.1. The van der Waals surface area contributed by atoms with E-state index in [0.29, 0.717) is 0 Å². The monoisotopic (exact) mass is 392 g/mol. The Labute approximate surface area is 149 Å². The van der Waals surface area contributed by atoms with E-state index in [2.05, 4.69) is 10.1 Å². The lowest BCUT2D eigenvalue weighted by Gasteiger charge is -2.26. The van der Waals surface area contributed by atoms with Gasteiger partial charge in [-0.15, -0.1) is 11.3 Å². The molecule has 139 valence electrons. The van der Waals surface area contributed by atoms with Gasteiger partial charge in [0.15, 0.2) is 10.8 Å². The number of oxime groups is 1. The van der Waals surface area contributed by atoms with Crippen LogP contribution in [0.15, 0.2) is 10.5 Å². The summed E-state index contributed by atoms with van der Waals surface area (Å²) in [5, 5.41) is 4.65. The van der Waals surface area contributed by atoms with Crippen LogP contribution in [0.1, 0.15) is 40.3 Å². The summed E-state index contributed by atoms with van der Waals surface area (Å²) in [4.78, 5) is 31.9. The molecule has 0 fully saturated rings. The van der Waals surface area contributed by atoms with Crippen LogP contribution in [0, 0.1) is 0 Å². The van der Waals surface area contributed by atoms with Gasteiger partial charge >= 0.3 is 16.3 Å². The molecule has 0 atom stereocenters. The largest absolute Gasteiger partial charge is 0.457 e. The van der Waals surface area contributed by atoms with Gasteiger partial charge in [0, 0.05) is 5.38 Å². The van der Waals surface area contributed by atoms with Crippen LogP contribution in [-0.2, 0) is 29.5 Å². The summed E-state index contributed by atoms with van der Waals surface area (Å²) < 4.78 is 37.0. The predicted octanol–water partition coefficient (Wildman–Crippen LogP) is 1.31. The number of carbonyl (C=O) groups is 1. The fourth-order valence-electron chi connectivity index (χ4n) is 1.26. The second kappa shape index (κ2) is 7.45. The van der Waals surface area contributed by atoms with Gasteiger partial charge < -0.3 is 9.57 Å². The number of aromatic nitrogens is 1. The molecule has 1 heterocycles. The Morgan fingerprint density at radius 1 is 1.36 bits per heavy atom. The average Bonchev–Trinajstić information content (AvgIpc) is 2.83. The van der Waals surface area contributed by atoms with Gasteiger partial charge in [0.2, 0.25) is 5.60 Å². The summed E-state index contributed by atoms with van der Waals surface area (Å²) >= 11 is 0.799. The van der Waals surface area contributed by atoms with Crippen LogP contribution in [0.25, 0.3) is 0 Å². The van der Waals surface area contributed by atoms with Crippen molar-refractivity contribution in [3.8, 4) is 0 Å². The van der Waals surface area contributed by atoms with Gasteiger partial charge in [-0.05, 0) is 34.6 Å². The first-order valence-electron chi connectivity index (χ1n) is 6.82. The maximum Gasteiger partial charge on any atom is 0.359 e. The highest BCUT2D eigenvalue weighted by molar-refractivity contribution is 7.87. The Bertz CT molecular complexity index is 776. The number of thiazole rings is 1. The molecule has 0 aliphatic carbocycles. The first kappa shape index (κ1) is 21.0. The summed E-state index contributed by atoms with van der Waals surface area (Å²) in [5.74, 6) is -0.694. The zero-order valence-corrected chi connectivity index (χ0v) is 15.8. The topological polar surface area (TPSA) is 144 Å². The van der Waals surface area contributed by atoms with Gasteiger partial charge in [0.25, 0.3) is 6.29 Å². The summed E-state index contributed by atoms with van der Waals surface area (Å²) in [6.07, 6.45) is 1.48. The molecule has 12 heteroatoms. The highest BCUT2D eigenvalue weighted by Gasteiger charge is 2.35. The number of hydrogen-bond donors (Lipinski definition) is 2. The van der Waals surface area contributed by atoms with Crippen molar-refractivity contribution >= 4 is 44.7 Å². The standard InChI is InChI=1S/C13H18N3O7S2/c1-12(2,3)22-10(18)13(4,5)23-15-8(6-17)9-7-24-11(14-9)16-25(19,20)21/h7H,1-5H3,(H,14,16)(H,19,20,21)/b15-8-. The number of esters is 1. The van der Waals surface area contributed by atoms with E-state index in [-0.39, 0.29) is 10.8 Å². The average molecular weight is 392 g/mol. The molecule has 0 bridgehead atoms. The Balaban J connectivity index is 2.93. The molecule has 0 saturated carbocycles. The minimum atomic E-state index is -4.49. The Hall–Kier alpha value is -2.05.